The molecule has 0 spiro atoms. The van der Waals surface area contributed by atoms with Crippen molar-refractivity contribution in [3.05, 3.63) is 46.3 Å². The van der Waals surface area contributed by atoms with Crippen molar-refractivity contribution in [3.8, 4) is 6.07 Å². The van der Waals surface area contributed by atoms with E-state index in [1.165, 1.54) is 6.07 Å². The van der Waals surface area contributed by atoms with Crippen molar-refractivity contribution in [2.75, 3.05) is 0 Å². The van der Waals surface area contributed by atoms with Crippen LogP contribution in [0.4, 0.5) is 0 Å². The standard InChI is InChI=1S/C10H5NO2/c11-6-7-1-3-9-8(5-7)2-4-10(12)13-9/h1-5H. The molecule has 1 aromatic carbocycles. The largest absolute Gasteiger partial charge is 0.423 e. The number of hydrogen-bond acceptors (Lipinski definition) is 3. The Kier molecular flexibility index (Phi) is 1.60. The third kappa shape index (κ3) is 1.30. The Balaban J connectivity index is 2.82. The first-order chi connectivity index (χ1) is 6.29. The molecule has 62 valence electrons. The Morgan fingerprint density at radius 1 is 1.23 bits per heavy atom. The first kappa shape index (κ1) is 7.56. The topological polar surface area (TPSA) is 54.0 Å². The maximum Gasteiger partial charge on any atom is 0.336 e. The molecule has 2 aromatic rings. The van der Waals surface area contributed by atoms with Crippen molar-refractivity contribution in [2.45, 2.75) is 0 Å². The van der Waals surface area contributed by atoms with E-state index in [0.29, 0.717) is 11.1 Å². The van der Waals surface area contributed by atoms with Crippen molar-refractivity contribution in [1.82, 2.24) is 0 Å². The summed E-state index contributed by atoms with van der Waals surface area (Å²) in [6.45, 7) is 0. The van der Waals surface area contributed by atoms with E-state index in [-0.39, 0.29) is 5.63 Å². The Morgan fingerprint density at radius 3 is 2.85 bits per heavy atom. The average molecular weight is 171 g/mol. The second-order valence-corrected chi connectivity index (χ2v) is 2.62. The molecule has 0 unspecified atom stereocenters. The maximum absolute atomic E-state index is 10.8. The molecule has 0 N–H and O–H groups in total. The fraction of sp³-hybridized carbons (Fsp3) is 0. The van der Waals surface area contributed by atoms with Gasteiger partial charge < -0.3 is 4.42 Å². The van der Waals surface area contributed by atoms with Crippen LogP contribution in [0.25, 0.3) is 11.0 Å². The third-order valence-electron chi connectivity index (χ3n) is 1.75. The van der Waals surface area contributed by atoms with Crippen LogP contribution in [0, 0.1) is 11.3 Å². The highest BCUT2D eigenvalue weighted by molar-refractivity contribution is 5.77. The van der Waals surface area contributed by atoms with E-state index < -0.39 is 0 Å². The highest BCUT2D eigenvalue weighted by atomic mass is 16.4. The van der Waals surface area contributed by atoms with Gasteiger partial charge in [0.15, 0.2) is 0 Å². The Labute approximate surface area is 73.8 Å². The predicted octanol–water partition coefficient (Wildman–Crippen LogP) is 1.66. The number of hydrogen-bond donors (Lipinski definition) is 0. The number of rotatable bonds is 0. The van der Waals surface area contributed by atoms with Gasteiger partial charge in [-0.15, -0.1) is 0 Å². The summed E-state index contributed by atoms with van der Waals surface area (Å²) >= 11 is 0. The summed E-state index contributed by atoms with van der Waals surface area (Å²) in [5.41, 5.74) is 0.685. The van der Waals surface area contributed by atoms with E-state index in [1.807, 2.05) is 6.07 Å². The van der Waals surface area contributed by atoms with Gasteiger partial charge in [-0.25, -0.2) is 4.79 Å². The molecule has 0 aliphatic rings. The summed E-state index contributed by atoms with van der Waals surface area (Å²) in [5.74, 6) is 0. The van der Waals surface area contributed by atoms with Crippen LogP contribution in [0.3, 0.4) is 0 Å². The van der Waals surface area contributed by atoms with Crippen molar-refractivity contribution in [2.24, 2.45) is 0 Å². The van der Waals surface area contributed by atoms with Gasteiger partial charge in [-0.2, -0.15) is 5.26 Å². The Hall–Kier alpha value is -2.08. The lowest BCUT2D eigenvalue weighted by atomic mass is 10.1. The van der Waals surface area contributed by atoms with Gasteiger partial charge >= 0.3 is 5.63 Å². The normalized spacial score (nSPS) is 9.77. The molecule has 0 aliphatic heterocycles. The Bertz CT molecular complexity index is 549. The molecule has 0 atom stereocenters. The lowest BCUT2D eigenvalue weighted by Gasteiger charge is -1.94. The second kappa shape index (κ2) is 2.76. The van der Waals surface area contributed by atoms with Crippen LogP contribution >= 0.6 is 0 Å². The quantitative estimate of drug-likeness (QED) is 0.566. The minimum atomic E-state index is -0.378. The van der Waals surface area contributed by atoms with E-state index >= 15 is 0 Å². The van der Waals surface area contributed by atoms with E-state index in [2.05, 4.69) is 0 Å². The Morgan fingerprint density at radius 2 is 2.08 bits per heavy atom. The zero-order valence-corrected chi connectivity index (χ0v) is 6.65. The predicted molar refractivity (Wildman–Crippen MR) is 47.2 cm³/mol. The summed E-state index contributed by atoms with van der Waals surface area (Å²) < 4.78 is 4.90. The highest BCUT2D eigenvalue weighted by Gasteiger charge is 1.97. The average Bonchev–Trinajstić information content (AvgIpc) is 2.17. The first-order valence-electron chi connectivity index (χ1n) is 3.73. The van der Waals surface area contributed by atoms with Crippen molar-refractivity contribution >= 4 is 11.0 Å². The molecule has 0 amide bonds. The molecule has 0 fully saturated rings. The zero-order valence-electron chi connectivity index (χ0n) is 6.65. The van der Waals surface area contributed by atoms with E-state index in [9.17, 15) is 4.79 Å². The van der Waals surface area contributed by atoms with E-state index in [1.54, 1.807) is 24.3 Å². The van der Waals surface area contributed by atoms with E-state index in [0.717, 1.165) is 5.39 Å². The summed E-state index contributed by atoms with van der Waals surface area (Å²) in [6, 6.07) is 9.91. The number of nitriles is 1. The molecule has 1 heterocycles. The van der Waals surface area contributed by atoms with Crippen molar-refractivity contribution < 1.29 is 4.42 Å². The molecule has 0 saturated carbocycles. The van der Waals surface area contributed by atoms with Crippen LogP contribution in [0.2, 0.25) is 0 Å². The van der Waals surface area contributed by atoms with Gasteiger partial charge in [-0.1, -0.05) is 0 Å². The summed E-state index contributed by atoms with van der Waals surface area (Å²) in [6.07, 6.45) is 0. The molecule has 1 aromatic heterocycles. The second-order valence-electron chi connectivity index (χ2n) is 2.62. The smallest absolute Gasteiger partial charge is 0.336 e. The molecule has 0 aliphatic carbocycles. The molecule has 2 rings (SSSR count). The molecule has 13 heavy (non-hydrogen) atoms. The van der Waals surface area contributed by atoms with Crippen molar-refractivity contribution in [3.63, 3.8) is 0 Å². The third-order valence-corrected chi connectivity index (χ3v) is 1.75. The minimum Gasteiger partial charge on any atom is -0.423 e. The summed E-state index contributed by atoms with van der Waals surface area (Å²) in [5, 5.41) is 9.37. The van der Waals surface area contributed by atoms with Gasteiger partial charge in [0, 0.05) is 11.5 Å². The molecule has 3 heteroatoms. The fourth-order valence-electron chi connectivity index (χ4n) is 1.14. The van der Waals surface area contributed by atoms with Gasteiger partial charge in [-0.3, -0.25) is 0 Å². The van der Waals surface area contributed by atoms with Crippen LogP contribution in [0.1, 0.15) is 5.56 Å². The molecule has 0 bridgehead atoms. The van der Waals surface area contributed by atoms with Gasteiger partial charge in [0.05, 0.1) is 11.6 Å². The number of nitrogens with zero attached hydrogens (tertiary/aromatic N) is 1. The number of benzene rings is 1. The zero-order chi connectivity index (χ0) is 9.26. The lowest BCUT2D eigenvalue weighted by Crippen LogP contribution is -1.94. The monoisotopic (exact) mass is 171 g/mol. The van der Waals surface area contributed by atoms with Crippen LogP contribution in [-0.4, -0.2) is 0 Å². The fourth-order valence-corrected chi connectivity index (χ4v) is 1.14. The molecule has 0 saturated heterocycles. The first-order valence-corrected chi connectivity index (χ1v) is 3.73. The molecule has 3 nitrogen and oxygen atoms in total. The van der Waals surface area contributed by atoms with Crippen LogP contribution < -0.4 is 5.63 Å². The van der Waals surface area contributed by atoms with E-state index in [4.69, 9.17) is 9.68 Å². The lowest BCUT2D eigenvalue weighted by molar-refractivity contribution is 0.561. The SMILES string of the molecule is N#Cc1ccc2oc(=O)ccc2c1. The van der Waals surface area contributed by atoms with Crippen LogP contribution in [0.15, 0.2) is 39.5 Å². The summed E-state index contributed by atoms with van der Waals surface area (Å²) in [4.78, 5) is 10.8. The van der Waals surface area contributed by atoms with Gasteiger partial charge in [0.25, 0.3) is 0 Å². The molecular formula is C10H5NO2. The van der Waals surface area contributed by atoms with Gasteiger partial charge in [0.1, 0.15) is 5.58 Å². The summed E-state index contributed by atoms with van der Waals surface area (Å²) in [7, 11) is 0. The van der Waals surface area contributed by atoms with Crippen LogP contribution in [0.5, 0.6) is 0 Å². The van der Waals surface area contributed by atoms with Gasteiger partial charge in [0.2, 0.25) is 0 Å². The minimum absolute atomic E-state index is 0.378. The number of fused-ring (bicyclic) bond motifs is 1. The highest BCUT2D eigenvalue weighted by Crippen LogP contribution is 2.12. The molecule has 0 radical (unpaired) electrons. The van der Waals surface area contributed by atoms with Gasteiger partial charge in [-0.05, 0) is 24.3 Å². The maximum atomic E-state index is 10.8. The molecular weight excluding hydrogens is 166 g/mol. The van der Waals surface area contributed by atoms with Crippen LogP contribution in [-0.2, 0) is 0 Å². The van der Waals surface area contributed by atoms with Crippen molar-refractivity contribution in [1.29, 1.82) is 5.26 Å².